The maximum atomic E-state index is 12.2. The molecule has 2 heterocycles. The third kappa shape index (κ3) is 7.02. The van der Waals surface area contributed by atoms with Crippen LogP contribution < -0.4 is 0 Å². The van der Waals surface area contributed by atoms with E-state index in [2.05, 4.69) is 11.9 Å². The van der Waals surface area contributed by atoms with E-state index in [9.17, 15) is 9.59 Å². The van der Waals surface area contributed by atoms with Gasteiger partial charge in [0.05, 0.1) is 6.61 Å². The van der Waals surface area contributed by atoms with Gasteiger partial charge in [-0.05, 0) is 66.0 Å². The zero-order chi connectivity index (χ0) is 19.2. The molecule has 0 N–H and O–H groups in total. The van der Waals surface area contributed by atoms with Crippen LogP contribution in [0.1, 0.15) is 46.5 Å². The Morgan fingerprint density at radius 2 is 1.58 bits per heavy atom. The van der Waals surface area contributed by atoms with Crippen LogP contribution in [-0.4, -0.2) is 85.4 Å². The fraction of sp³-hybridized carbons (Fsp3) is 0.895. The molecule has 0 aromatic heterocycles. The molecule has 0 saturated carbocycles. The minimum absolute atomic E-state index is 0.188. The van der Waals surface area contributed by atoms with Gasteiger partial charge in [0.1, 0.15) is 5.60 Å². The minimum atomic E-state index is -0.454. The molecule has 0 aliphatic carbocycles. The second-order valence-electron chi connectivity index (χ2n) is 8.46. The SMILES string of the molecule is CN1CCCN(C(=O)OCCC2CCN(C(=O)OC(C)(C)C)CC2)CC1. The van der Waals surface area contributed by atoms with Crippen molar-refractivity contribution in [1.82, 2.24) is 14.7 Å². The summed E-state index contributed by atoms with van der Waals surface area (Å²) >= 11 is 0. The molecule has 7 heteroatoms. The fourth-order valence-corrected chi connectivity index (χ4v) is 3.36. The zero-order valence-electron chi connectivity index (χ0n) is 16.8. The molecule has 2 saturated heterocycles. The molecule has 2 aliphatic rings. The molecule has 2 fully saturated rings. The third-order valence-electron chi connectivity index (χ3n) is 5.00. The molecule has 2 aliphatic heterocycles. The first kappa shape index (κ1) is 20.8. The Hall–Kier alpha value is -1.50. The van der Waals surface area contributed by atoms with Crippen LogP contribution >= 0.6 is 0 Å². The van der Waals surface area contributed by atoms with Crippen molar-refractivity contribution in [2.45, 2.75) is 52.1 Å². The standard InChI is InChI=1S/C19H35N3O4/c1-19(2,3)26-18(24)22-11-6-16(7-12-22)8-15-25-17(23)21-10-5-9-20(4)13-14-21/h16H,5-15H2,1-4H3. The van der Waals surface area contributed by atoms with Gasteiger partial charge in [0.25, 0.3) is 0 Å². The predicted molar refractivity (Wildman–Crippen MR) is 100 cm³/mol. The van der Waals surface area contributed by atoms with Crippen LogP contribution in [0.5, 0.6) is 0 Å². The van der Waals surface area contributed by atoms with Gasteiger partial charge in [0, 0.05) is 32.7 Å². The van der Waals surface area contributed by atoms with Crippen molar-refractivity contribution in [2.75, 3.05) is 52.9 Å². The number of ether oxygens (including phenoxy) is 2. The first-order valence-corrected chi connectivity index (χ1v) is 9.83. The minimum Gasteiger partial charge on any atom is -0.449 e. The van der Waals surface area contributed by atoms with Gasteiger partial charge in [-0.1, -0.05) is 0 Å². The van der Waals surface area contributed by atoms with Crippen molar-refractivity contribution in [1.29, 1.82) is 0 Å². The summed E-state index contributed by atoms with van der Waals surface area (Å²) in [5, 5.41) is 0. The molecule has 2 amide bonds. The number of piperidine rings is 1. The first-order chi connectivity index (χ1) is 12.2. The van der Waals surface area contributed by atoms with Crippen LogP contribution in [0.15, 0.2) is 0 Å². The van der Waals surface area contributed by atoms with E-state index in [4.69, 9.17) is 9.47 Å². The average molecular weight is 370 g/mol. The molecule has 7 nitrogen and oxygen atoms in total. The Labute approximate surface area is 157 Å². The molecule has 0 aromatic carbocycles. The van der Waals surface area contributed by atoms with Crippen LogP contribution in [0.2, 0.25) is 0 Å². The van der Waals surface area contributed by atoms with Gasteiger partial charge in [0.2, 0.25) is 0 Å². The van der Waals surface area contributed by atoms with E-state index in [1.807, 2.05) is 25.7 Å². The molecular formula is C19H35N3O4. The monoisotopic (exact) mass is 369 g/mol. The summed E-state index contributed by atoms with van der Waals surface area (Å²) in [4.78, 5) is 30.1. The largest absolute Gasteiger partial charge is 0.449 e. The summed E-state index contributed by atoms with van der Waals surface area (Å²) in [5.41, 5.74) is -0.454. The van der Waals surface area contributed by atoms with Gasteiger partial charge < -0.3 is 24.2 Å². The average Bonchev–Trinajstić information content (AvgIpc) is 2.78. The van der Waals surface area contributed by atoms with Crippen molar-refractivity contribution in [2.24, 2.45) is 5.92 Å². The van der Waals surface area contributed by atoms with E-state index in [0.29, 0.717) is 25.6 Å². The van der Waals surface area contributed by atoms with Crippen LogP contribution in [0.25, 0.3) is 0 Å². The van der Waals surface area contributed by atoms with E-state index in [1.165, 1.54) is 0 Å². The Morgan fingerprint density at radius 3 is 2.23 bits per heavy atom. The highest BCUT2D eigenvalue weighted by atomic mass is 16.6. The number of carbonyl (C=O) groups is 2. The summed E-state index contributed by atoms with van der Waals surface area (Å²) in [5.74, 6) is 0.497. The number of carbonyl (C=O) groups excluding carboxylic acids is 2. The third-order valence-corrected chi connectivity index (χ3v) is 5.00. The van der Waals surface area contributed by atoms with Crippen molar-refractivity contribution < 1.29 is 19.1 Å². The fourth-order valence-electron chi connectivity index (χ4n) is 3.36. The van der Waals surface area contributed by atoms with Crippen molar-refractivity contribution in [3.63, 3.8) is 0 Å². The predicted octanol–water partition coefficient (Wildman–Crippen LogP) is 2.80. The van der Waals surface area contributed by atoms with Crippen LogP contribution in [0.3, 0.4) is 0 Å². The van der Waals surface area contributed by atoms with E-state index < -0.39 is 5.60 Å². The maximum Gasteiger partial charge on any atom is 0.410 e. The van der Waals surface area contributed by atoms with Gasteiger partial charge in [-0.15, -0.1) is 0 Å². The Balaban J connectivity index is 1.62. The molecule has 0 aromatic rings. The summed E-state index contributed by atoms with van der Waals surface area (Å²) < 4.78 is 10.9. The molecule has 0 atom stereocenters. The smallest absolute Gasteiger partial charge is 0.410 e. The number of likely N-dealkylation sites (N-methyl/N-ethyl adjacent to an activating group) is 1. The highest BCUT2D eigenvalue weighted by molar-refractivity contribution is 5.68. The van der Waals surface area contributed by atoms with Gasteiger partial charge in [-0.2, -0.15) is 0 Å². The first-order valence-electron chi connectivity index (χ1n) is 9.83. The highest BCUT2D eigenvalue weighted by Gasteiger charge is 2.27. The molecule has 26 heavy (non-hydrogen) atoms. The quantitative estimate of drug-likeness (QED) is 0.765. The lowest BCUT2D eigenvalue weighted by Crippen LogP contribution is -2.42. The topological polar surface area (TPSA) is 62.3 Å². The summed E-state index contributed by atoms with van der Waals surface area (Å²) in [7, 11) is 2.08. The Morgan fingerprint density at radius 1 is 0.923 bits per heavy atom. The second kappa shape index (κ2) is 9.44. The maximum absolute atomic E-state index is 12.2. The molecule has 150 valence electrons. The van der Waals surface area contributed by atoms with Crippen molar-refractivity contribution >= 4 is 12.2 Å². The van der Waals surface area contributed by atoms with Crippen LogP contribution in [-0.2, 0) is 9.47 Å². The lowest BCUT2D eigenvalue weighted by Gasteiger charge is -2.33. The number of nitrogens with zero attached hydrogens (tertiary/aromatic N) is 3. The molecule has 0 spiro atoms. The lowest BCUT2D eigenvalue weighted by molar-refractivity contribution is 0.0173. The van der Waals surface area contributed by atoms with Crippen LogP contribution in [0.4, 0.5) is 9.59 Å². The van der Waals surface area contributed by atoms with Gasteiger partial charge >= 0.3 is 12.2 Å². The number of hydrogen-bond acceptors (Lipinski definition) is 5. The molecule has 2 rings (SSSR count). The zero-order valence-corrected chi connectivity index (χ0v) is 16.8. The number of hydrogen-bond donors (Lipinski definition) is 0. The van der Waals surface area contributed by atoms with Gasteiger partial charge in [0.15, 0.2) is 0 Å². The van der Waals surface area contributed by atoms with Crippen molar-refractivity contribution in [3.05, 3.63) is 0 Å². The van der Waals surface area contributed by atoms with E-state index in [-0.39, 0.29) is 12.2 Å². The van der Waals surface area contributed by atoms with E-state index in [1.54, 1.807) is 4.90 Å². The van der Waals surface area contributed by atoms with Gasteiger partial charge in [-0.25, -0.2) is 9.59 Å². The lowest BCUT2D eigenvalue weighted by atomic mass is 9.94. The molecular weight excluding hydrogens is 334 g/mol. The van der Waals surface area contributed by atoms with Crippen molar-refractivity contribution in [3.8, 4) is 0 Å². The van der Waals surface area contributed by atoms with E-state index >= 15 is 0 Å². The Kier molecular flexibility index (Phi) is 7.55. The summed E-state index contributed by atoms with van der Waals surface area (Å²) in [6, 6.07) is 0. The van der Waals surface area contributed by atoms with Gasteiger partial charge in [-0.3, -0.25) is 0 Å². The summed E-state index contributed by atoms with van der Waals surface area (Å²) in [6.07, 6.45) is 3.31. The number of likely N-dealkylation sites (tertiary alicyclic amines) is 1. The molecule has 0 bridgehead atoms. The van der Waals surface area contributed by atoms with E-state index in [0.717, 1.165) is 51.9 Å². The highest BCUT2D eigenvalue weighted by Crippen LogP contribution is 2.22. The molecule has 0 radical (unpaired) electrons. The number of rotatable bonds is 3. The van der Waals surface area contributed by atoms with Crippen LogP contribution in [0, 0.1) is 5.92 Å². The Bertz CT molecular complexity index is 470. The number of amides is 2. The normalized spacial score (nSPS) is 20.6. The summed E-state index contributed by atoms with van der Waals surface area (Å²) in [6.45, 7) is 11.0. The second-order valence-corrected chi connectivity index (χ2v) is 8.46. The molecule has 0 unspecified atom stereocenters.